The number of rotatable bonds is 7. The third-order valence-electron chi connectivity index (χ3n) is 2.89. The van der Waals surface area contributed by atoms with Gasteiger partial charge in [0.1, 0.15) is 17.9 Å². The summed E-state index contributed by atoms with van der Waals surface area (Å²) in [5.74, 6) is -0.195. The minimum atomic E-state index is -0.256. The zero-order chi connectivity index (χ0) is 15.1. The van der Waals surface area contributed by atoms with Crippen LogP contribution in [-0.4, -0.2) is 12.1 Å². The summed E-state index contributed by atoms with van der Waals surface area (Å²) < 4.78 is 12.9. The zero-order valence-electron chi connectivity index (χ0n) is 11.4. The van der Waals surface area contributed by atoms with E-state index in [9.17, 15) is 14.0 Å². The van der Waals surface area contributed by atoms with Gasteiger partial charge in [-0.05, 0) is 42.0 Å². The van der Waals surface area contributed by atoms with Crippen LogP contribution in [0.15, 0.2) is 58.3 Å². The Hall–Kier alpha value is -1.94. The Bertz CT molecular complexity index is 623. The molecule has 0 aliphatic rings. The molecule has 0 unspecified atom stereocenters. The van der Waals surface area contributed by atoms with Crippen molar-refractivity contribution in [1.29, 1.82) is 0 Å². The molecule has 2 aromatic rings. The zero-order valence-corrected chi connectivity index (χ0v) is 12.2. The largest absolute Gasteiger partial charge is 0.303 e. The van der Waals surface area contributed by atoms with Crippen LogP contribution in [0.25, 0.3) is 0 Å². The second kappa shape index (κ2) is 7.74. The van der Waals surface area contributed by atoms with E-state index in [1.807, 2.05) is 24.3 Å². The van der Waals surface area contributed by atoms with Gasteiger partial charge in [0.05, 0.1) is 0 Å². The highest BCUT2D eigenvalue weighted by Crippen LogP contribution is 2.28. The number of carbonyl (C=O) groups excluding carboxylic acids is 2. The number of hydrogen-bond donors (Lipinski definition) is 0. The Morgan fingerprint density at radius 1 is 1.10 bits per heavy atom. The molecule has 0 radical (unpaired) electrons. The smallest absolute Gasteiger partial charge is 0.137 e. The monoisotopic (exact) mass is 302 g/mol. The van der Waals surface area contributed by atoms with Crippen molar-refractivity contribution in [2.45, 2.75) is 29.1 Å². The number of carbonyl (C=O) groups is 2. The molecule has 0 saturated carbocycles. The highest BCUT2D eigenvalue weighted by molar-refractivity contribution is 7.99. The van der Waals surface area contributed by atoms with Gasteiger partial charge in [0.2, 0.25) is 0 Å². The topological polar surface area (TPSA) is 34.1 Å². The van der Waals surface area contributed by atoms with Crippen LogP contribution < -0.4 is 0 Å². The minimum absolute atomic E-state index is 0.0611. The van der Waals surface area contributed by atoms with Crippen molar-refractivity contribution < 1.29 is 14.0 Å². The van der Waals surface area contributed by atoms with E-state index in [1.165, 1.54) is 23.9 Å². The van der Waals surface area contributed by atoms with Crippen molar-refractivity contribution in [3.8, 4) is 0 Å². The fourth-order valence-corrected chi connectivity index (χ4v) is 2.79. The summed E-state index contributed by atoms with van der Waals surface area (Å²) in [6.45, 7) is 0. The number of aldehydes is 1. The Morgan fingerprint density at radius 2 is 1.86 bits per heavy atom. The van der Waals surface area contributed by atoms with Crippen molar-refractivity contribution in [2.75, 3.05) is 0 Å². The molecule has 0 spiro atoms. The van der Waals surface area contributed by atoms with Gasteiger partial charge in [0.25, 0.3) is 0 Å². The molecule has 108 valence electrons. The predicted molar refractivity (Wildman–Crippen MR) is 81.0 cm³/mol. The molecule has 0 N–H and O–H groups in total. The number of benzene rings is 2. The van der Waals surface area contributed by atoms with E-state index in [-0.39, 0.29) is 18.0 Å². The maximum absolute atomic E-state index is 12.9. The molecule has 2 rings (SSSR count). The predicted octanol–water partition coefficient (Wildman–Crippen LogP) is 4.07. The van der Waals surface area contributed by atoms with E-state index >= 15 is 0 Å². The number of hydrogen-bond acceptors (Lipinski definition) is 3. The van der Waals surface area contributed by atoms with Crippen LogP contribution in [0.3, 0.4) is 0 Å². The van der Waals surface area contributed by atoms with E-state index in [4.69, 9.17) is 0 Å². The maximum atomic E-state index is 12.9. The molecule has 0 aliphatic heterocycles. The number of Topliss-reactive ketones (excluding diaryl/α,β-unsaturated/α-hetero) is 1. The molecule has 2 nitrogen and oxygen atoms in total. The van der Waals surface area contributed by atoms with E-state index < -0.39 is 0 Å². The highest BCUT2D eigenvalue weighted by atomic mass is 32.2. The van der Waals surface area contributed by atoms with Crippen LogP contribution in [0.2, 0.25) is 0 Å². The lowest BCUT2D eigenvalue weighted by atomic mass is 10.1. The van der Waals surface area contributed by atoms with Gasteiger partial charge in [-0.3, -0.25) is 4.79 Å². The van der Waals surface area contributed by atoms with Crippen LogP contribution in [-0.2, 0) is 16.0 Å². The maximum Gasteiger partial charge on any atom is 0.137 e. The van der Waals surface area contributed by atoms with E-state index in [0.717, 1.165) is 21.6 Å². The van der Waals surface area contributed by atoms with Gasteiger partial charge in [-0.15, -0.1) is 0 Å². The molecule has 0 atom stereocenters. The summed E-state index contributed by atoms with van der Waals surface area (Å²) in [4.78, 5) is 23.9. The van der Waals surface area contributed by atoms with Crippen LogP contribution in [0.1, 0.15) is 18.4 Å². The molecule has 4 heteroatoms. The first-order chi connectivity index (χ1) is 10.2. The van der Waals surface area contributed by atoms with Crippen LogP contribution >= 0.6 is 11.8 Å². The molecule has 0 fully saturated rings. The first-order valence-electron chi connectivity index (χ1n) is 6.65. The average Bonchev–Trinajstić information content (AvgIpc) is 2.48. The molecule has 0 saturated heterocycles. The molecule has 0 aromatic heterocycles. The Kier molecular flexibility index (Phi) is 5.69. The first kappa shape index (κ1) is 15.4. The fraction of sp³-hybridized carbons (Fsp3) is 0.176. The molecule has 21 heavy (non-hydrogen) atoms. The Labute approximate surface area is 127 Å². The second-order valence-corrected chi connectivity index (χ2v) is 5.77. The van der Waals surface area contributed by atoms with E-state index in [2.05, 4.69) is 0 Å². The van der Waals surface area contributed by atoms with Gasteiger partial charge in [-0.2, -0.15) is 0 Å². The average molecular weight is 302 g/mol. The highest BCUT2D eigenvalue weighted by Gasteiger charge is 2.05. The van der Waals surface area contributed by atoms with Crippen molar-refractivity contribution in [3.63, 3.8) is 0 Å². The molecular formula is C17H15FO2S. The normalized spacial score (nSPS) is 10.3. The Morgan fingerprint density at radius 3 is 2.57 bits per heavy atom. The molecule has 0 bridgehead atoms. The van der Waals surface area contributed by atoms with Crippen molar-refractivity contribution in [1.82, 2.24) is 0 Å². The SMILES string of the molecule is O=CCCC(=O)Cc1cccc(Sc2ccc(F)cc2)c1. The van der Waals surface area contributed by atoms with Crippen molar-refractivity contribution in [3.05, 3.63) is 59.9 Å². The third-order valence-corrected chi connectivity index (χ3v) is 3.89. The molecule has 0 aliphatic carbocycles. The van der Waals surface area contributed by atoms with Crippen LogP contribution in [0.5, 0.6) is 0 Å². The van der Waals surface area contributed by atoms with Crippen LogP contribution in [0, 0.1) is 5.82 Å². The lowest BCUT2D eigenvalue weighted by Gasteiger charge is -2.05. The van der Waals surface area contributed by atoms with Gasteiger partial charge < -0.3 is 4.79 Å². The van der Waals surface area contributed by atoms with Gasteiger partial charge in [-0.1, -0.05) is 23.9 Å². The quantitative estimate of drug-likeness (QED) is 0.723. The summed E-state index contributed by atoms with van der Waals surface area (Å²) in [5, 5.41) is 0. The third kappa shape index (κ3) is 5.16. The van der Waals surface area contributed by atoms with E-state index in [0.29, 0.717) is 12.8 Å². The van der Waals surface area contributed by atoms with Gasteiger partial charge in [0.15, 0.2) is 0 Å². The van der Waals surface area contributed by atoms with E-state index in [1.54, 1.807) is 12.1 Å². The summed E-state index contributed by atoms with van der Waals surface area (Å²) in [7, 11) is 0. The molecule has 2 aromatic carbocycles. The lowest BCUT2D eigenvalue weighted by Crippen LogP contribution is -2.02. The standard InChI is InChI=1S/C17H15FO2S/c18-14-6-8-16(9-7-14)21-17-5-1-3-13(12-17)11-15(20)4-2-10-19/h1,3,5-10,12H,2,4,11H2. The molecular weight excluding hydrogens is 287 g/mol. The number of halogens is 1. The van der Waals surface area contributed by atoms with Crippen molar-refractivity contribution >= 4 is 23.8 Å². The number of ketones is 1. The summed E-state index contributed by atoms with van der Waals surface area (Å²) in [6, 6.07) is 14.0. The van der Waals surface area contributed by atoms with Gasteiger partial charge in [0, 0.05) is 29.1 Å². The Balaban J connectivity index is 2.01. The molecule has 0 amide bonds. The van der Waals surface area contributed by atoms with Crippen LogP contribution in [0.4, 0.5) is 4.39 Å². The van der Waals surface area contributed by atoms with Crippen molar-refractivity contribution in [2.24, 2.45) is 0 Å². The lowest BCUT2D eigenvalue weighted by molar-refractivity contribution is -0.120. The minimum Gasteiger partial charge on any atom is -0.303 e. The second-order valence-electron chi connectivity index (χ2n) is 4.62. The molecule has 0 heterocycles. The summed E-state index contributed by atoms with van der Waals surface area (Å²) >= 11 is 1.52. The summed E-state index contributed by atoms with van der Waals surface area (Å²) in [5.41, 5.74) is 0.929. The van der Waals surface area contributed by atoms with Gasteiger partial charge in [-0.25, -0.2) is 4.39 Å². The summed E-state index contributed by atoms with van der Waals surface area (Å²) in [6.07, 6.45) is 1.67. The fourth-order valence-electron chi connectivity index (χ4n) is 1.89. The van der Waals surface area contributed by atoms with Gasteiger partial charge >= 0.3 is 0 Å². The first-order valence-corrected chi connectivity index (χ1v) is 7.47.